The number of hydrogen-bond acceptors (Lipinski definition) is 8. The van der Waals surface area contributed by atoms with Crippen molar-refractivity contribution in [3.05, 3.63) is 53.9 Å². The average Bonchev–Trinajstić information content (AvgIpc) is 3.05. The number of aryl methyl sites for hydroxylation is 2. The lowest BCUT2D eigenvalue weighted by Crippen LogP contribution is -2.05. The van der Waals surface area contributed by atoms with Gasteiger partial charge in [0.05, 0.1) is 17.3 Å². The van der Waals surface area contributed by atoms with Crippen LogP contribution >= 0.6 is 11.3 Å². The highest BCUT2D eigenvalue weighted by molar-refractivity contribution is 7.22. The fourth-order valence-corrected chi connectivity index (χ4v) is 3.86. The lowest BCUT2D eigenvalue weighted by molar-refractivity contribution is 0.415. The molecule has 142 valence electrons. The van der Waals surface area contributed by atoms with Crippen molar-refractivity contribution in [2.24, 2.45) is 0 Å². The number of hydrogen-bond donors (Lipinski definition) is 3. The molecular weight excluding hydrogens is 372 g/mol. The summed E-state index contributed by atoms with van der Waals surface area (Å²) in [5, 5.41) is 7.17. The van der Waals surface area contributed by atoms with Crippen molar-refractivity contribution in [1.82, 2.24) is 15.0 Å². The van der Waals surface area contributed by atoms with Crippen LogP contribution in [0.15, 0.2) is 42.7 Å². The zero-order chi connectivity index (χ0) is 19.7. The van der Waals surface area contributed by atoms with Crippen molar-refractivity contribution in [2.75, 3.05) is 23.5 Å². The molecule has 0 atom stereocenters. The Labute approximate surface area is 166 Å². The number of methoxy groups -OCH3 is 1. The topological polar surface area (TPSA) is 98.0 Å². The Morgan fingerprint density at radius 2 is 1.68 bits per heavy atom. The SMILES string of the molecule is COc1ccc2nc(Nc3ncnc(Nc4cc(C)cc(C)c4)c3N)sc2c1. The fourth-order valence-electron chi connectivity index (χ4n) is 2.97. The van der Waals surface area contributed by atoms with Crippen LogP contribution in [-0.2, 0) is 0 Å². The maximum absolute atomic E-state index is 6.30. The van der Waals surface area contributed by atoms with Gasteiger partial charge < -0.3 is 21.1 Å². The van der Waals surface area contributed by atoms with Crippen LogP contribution in [0.4, 0.5) is 28.1 Å². The third kappa shape index (κ3) is 3.67. The van der Waals surface area contributed by atoms with E-state index in [1.807, 2.05) is 30.3 Å². The molecule has 2 aromatic heterocycles. The van der Waals surface area contributed by atoms with Gasteiger partial charge in [0, 0.05) is 5.69 Å². The second-order valence-corrected chi connectivity index (χ2v) is 7.49. The van der Waals surface area contributed by atoms with Gasteiger partial charge >= 0.3 is 0 Å². The second kappa shape index (κ2) is 7.32. The molecule has 4 aromatic rings. The van der Waals surface area contributed by atoms with E-state index in [1.54, 1.807) is 7.11 Å². The van der Waals surface area contributed by atoms with Crippen LogP contribution in [0.3, 0.4) is 0 Å². The number of nitrogen functional groups attached to an aromatic ring is 1. The summed E-state index contributed by atoms with van der Waals surface area (Å²) in [4.78, 5) is 13.1. The highest BCUT2D eigenvalue weighted by atomic mass is 32.1. The first-order chi connectivity index (χ1) is 13.5. The van der Waals surface area contributed by atoms with Crippen molar-refractivity contribution in [3.8, 4) is 5.75 Å². The van der Waals surface area contributed by atoms with Gasteiger partial charge in [-0.2, -0.15) is 0 Å². The summed E-state index contributed by atoms with van der Waals surface area (Å²) in [5.41, 5.74) is 10.9. The summed E-state index contributed by atoms with van der Waals surface area (Å²) in [7, 11) is 1.65. The smallest absolute Gasteiger partial charge is 0.189 e. The summed E-state index contributed by atoms with van der Waals surface area (Å²) in [6.45, 7) is 4.10. The first-order valence-corrected chi connectivity index (χ1v) is 9.51. The highest BCUT2D eigenvalue weighted by Gasteiger charge is 2.12. The number of benzene rings is 2. The third-order valence-corrected chi connectivity index (χ3v) is 5.12. The lowest BCUT2D eigenvalue weighted by atomic mass is 10.1. The number of thiazole rings is 1. The number of ether oxygens (including phenoxy) is 1. The maximum atomic E-state index is 6.30. The fraction of sp³-hybridized carbons (Fsp3) is 0.150. The molecule has 0 amide bonds. The molecule has 0 saturated heterocycles. The summed E-state index contributed by atoms with van der Waals surface area (Å²) >= 11 is 1.51. The highest BCUT2D eigenvalue weighted by Crippen LogP contribution is 2.33. The van der Waals surface area contributed by atoms with Gasteiger partial charge in [0.25, 0.3) is 0 Å². The Morgan fingerprint density at radius 3 is 2.39 bits per heavy atom. The summed E-state index contributed by atoms with van der Waals surface area (Å²) in [6.07, 6.45) is 1.47. The number of nitrogens with two attached hydrogens (primary N) is 1. The molecule has 4 N–H and O–H groups in total. The molecule has 2 heterocycles. The van der Waals surface area contributed by atoms with Crippen LogP contribution in [0.25, 0.3) is 10.2 Å². The molecule has 0 aliphatic rings. The van der Waals surface area contributed by atoms with Gasteiger partial charge in [-0.05, 0) is 55.3 Å². The molecule has 0 fully saturated rings. The average molecular weight is 392 g/mol. The minimum absolute atomic E-state index is 0.429. The monoisotopic (exact) mass is 392 g/mol. The molecule has 0 spiro atoms. The number of nitrogens with one attached hydrogen (secondary N) is 2. The van der Waals surface area contributed by atoms with Gasteiger partial charge in [0.2, 0.25) is 0 Å². The van der Waals surface area contributed by atoms with Gasteiger partial charge in [0.15, 0.2) is 16.8 Å². The van der Waals surface area contributed by atoms with E-state index in [4.69, 9.17) is 10.5 Å². The number of fused-ring (bicyclic) bond motifs is 1. The number of nitrogens with zero attached hydrogens (tertiary/aromatic N) is 3. The van der Waals surface area contributed by atoms with Crippen LogP contribution in [0, 0.1) is 13.8 Å². The molecule has 0 radical (unpaired) electrons. The molecule has 4 rings (SSSR count). The standard InChI is InChI=1S/C20H20N6OS/c1-11-6-12(2)8-13(7-11)24-18-17(21)19(23-10-22-18)26-20-25-15-5-4-14(27-3)9-16(15)28-20/h4-10H,21H2,1-3H3,(H2,22,23,24,25,26). The molecule has 7 nitrogen and oxygen atoms in total. The second-order valence-electron chi connectivity index (χ2n) is 6.46. The first kappa shape index (κ1) is 18.0. The molecule has 0 unspecified atom stereocenters. The predicted molar refractivity (Wildman–Crippen MR) is 115 cm³/mol. The van der Waals surface area contributed by atoms with Crippen LogP contribution in [-0.4, -0.2) is 22.1 Å². The van der Waals surface area contributed by atoms with Gasteiger partial charge in [-0.3, -0.25) is 0 Å². The van der Waals surface area contributed by atoms with Gasteiger partial charge in [-0.25, -0.2) is 15.0 Å². The zero-order valence-electron chi connectivity index (χ0n) is 15.8. The lowest BCUT2D eigenvalue weighted by Gasteiger charge is -2.12. The number of rotatable bonds is 5. The summed E-state index contributed by atoms with van der Waals surface area (Å²) in [5.74, 6) is 1.85. The molecule has 2 aromatic carbocycles. The maximum Gasteiger partial charge on any atom is 0.189 e. The van der Waals surface area contributed by atoms with Crippen molar-refractivity contribution in [2.45, 2.75) is 13.8 Å². The van der Waals surface area contributed by atoms with Crippen molar-refractivity contribution < 1.29 is 4.74 Å². The Balaban J connectivity index is 1.61. The molecule has 8 heteroatoms. The summed E-state index contributed by atoms with van der Waals surface area (Å²) in [6, 6.07) is 12.0. The minimum Gasteiger partial charge on any atom is -0.497 e. The van der Waals surface area contributed by atoms with Gasteiger partial charge in [0.1, 0.15) is 17.8 Å². The first-order valence-electron chi connectivity index (χ1n) is 8.69. The Hall–Kier alpha value is -3.39. The van der Waals surface area contributed by atoms with E-state index in [0.29, 0.717) is 22.5 Å². The van der Waals surface area contributed by atoms with Crippen LogP contribution in [0.2, 0.25) is 0 Å². The van der Waals surface area contributed by atoms with Crippen LogP contribution < -0.4 is 21.1 Å². The Morgan fingerprint density at radius 1 is 0.964 bits per heavy atom. The van der Waals surface area contributed by atoms with E-state index in [9.17, 15) is 0 Å². The number of anilines is 5. The normalized spacial score (nSPS) is 10.8. The molecule has 0 saturated carbocycles. The Bertz CT molecular complexity index is 1140. The summed E-state index contributed by atoms with van der Waals surface area (Å²) < 4.78 is 6.28. The van der Waals surface area contributed by atoms with E-state index in [1.165, 1.54) is 28.8 Å². The van der Waals surface area contributed by atoms with E-state index in [2.05, 4.69) is 45.5 Å². The van der Waals surface area contributed by atoms with Crippen molar-refractivity contribution in [1.29, 1.82) is 0 Å². The largest absolute Gasteiger partial charge is 0.497 e. The van der Waals surface area contributed by atoms with Crippen LogP contribution in [0.5, 0.6) is 5.75 Å². The van der Waals surface area contributed by atoms with Crippen LogP contribution in [0.1, 0.15) is 11.1 Å². The third-order valence-electron chi connectivity index (χ3n) is 4.19. The zero-order valence-corrected chi connectivity index (χ0v) is 16.6. The molecule has 0 bridgehead atoms. The Kier molecular flexibility index (Phi) is 4.70. The van der Waals surface area contributed by atoms with Crippen molar-refractivity contribution in [3.63, 3.8) is 0 Å². The van der Waals surface area contributed by atoms with E-state index < -0.39 is 0 Å². The van der Waals surface area contributed by atoms with Crippen molar-refractivity contribution >= 4 is 49.7 Å². The minimum atomic E-state index is 0.429. The van der Waals surface area contributed by atoms with E-state index in [0.717, 1.165) is 21.7 Å². The quantitative estimate of drug-likeness (QED) is 0.449. The van der Waals surface area contributed by atoms with E-state index >= 15 is 0 Å². The molecule has 0 aliphatic heterocycles. The van der Waals surface area contributed by atoms with Gasteiger partial charge in [-0.1, -0.05) is 17.4 Å². The molecular formula is C20H20N6OS. The molecule has 28 heavy (non-hydrogen) atoms. The number of aromatic nitrogens is 3. The predicted octanol–water partition coefficient (Wildman–Crippen LogP) is 4.78. The van der Waals surface area contributed by atoms with E-state index in [-0.39, 0.29) is 0 Å². The molecule has 0 aliphatic carbocycles. The van der Waals surface area contributed by atoms with Gasteiger partial charge in [-0.15, -0.1) is 0 Å².